The number of hydrogen-bond donors (Lipinski definition) is 2. The molecule has 0 radical (unpaired) electrons. The van der Waals surface area contributed by atoms with E-state index >= 15 is 0 Å². The maximum atomic E-state index is 7.57. The maximum Gasteiger partial charge on any atom is 0.221 e. The molecule has 0 spiro atoms. The van der Waals surface area contributed by atoms with Crippen LogP contribution in [0, 0.1) is 10.9 Å². The fourth-order valence-electron chi connectivity index (χ4n) is 2.01. The lowest BCUT2D eigenvalue weighted by molar-refractivity contribution is 0.387. The Balaban J connectivity index is 2.42. The molecule has 2 aromatic rings. The van der Waals surface area contributed by atoms with Crippen LogP contribution in [0.3, 0.4) is 0 Å². The Morgan fingerprint density at radius 1 is 1.41 bits per heavy atom. The van der Waals surface area contributed by atoms with E-state index < -0.39 is 0 Å². The summed E-state index contributed by atoms with van der Waals surface area (Å²) in [5, 5.41) is 12.8. The number of rotatable bonds is 5. The molecule has 0 aliphatic rings. The number of hydrogen-bond acceptors (Lipinski definition) is 5. The van der Waals surface area contributed by atoms with Crippen molar-refractivity contribution in [3.63, 3.8) is 0 Å². The number of nitrogens with one attached hydrogen (secondary N) is 2. The van der Waals surface area contributed by atoms with Crippen LogP contribution in [-0.2, 0) is 6.54 Å². The average molecular weight is 318 g/mol. The third-order valence-electron chi connectivity index (χ3n) is 3.08. The summed E-state index contributed by atoms with van der Waals surface area (Å²) in [5.74, 6) is 0.682. The minimum Gasteiger partial charge on any atom is -0.481 e. The number of nitrogens with zero attached hydrogens (tertiary/aromatic N) is 3. The Morgan fingerprint density at radius 3 is 2.77 bits per heavy atom. The van der Waals surface area contributed by atoms with Gasteiger partial charge < -0.3 is 4.74 Å². The summed E-state index contributed by atoms with van der Waals surface area (Å²) >= 11 is 6.04. The van der Waals surface area contributed by atoms with Gasteiger partial charge in [-0.1, -0.05) is 29.0 Å². The van der Waals surface area contributed by atoms with E-state index in [9.17, 15) is 0 Å². The molecule has 22 heavy (non-hydrogen) atoms. The van der Waals surface area contributed by atoms with Crippen molar-refractivity contribution in [2.75, 3.05) is 7.11 Å². The number of pyridine rings is 1. The maximum absolute atomic E-state index is 7.57. The van der Waals surface area contributed by atoms with Gasteiger partial charge in [0.2, 0.25) is 5.88 Å². The summed E-state index contributed by atoms with van der Waals surface area (Å²) in [6.45, 7) is 1.87. The predicted molar refractivity (Wildman–Crippen MR) is 85.3 cm³/mol. The largest absolute Gasteiger partial charge is 0.481 e. The zero-order valence-electron chi connectivity index (χ0n) is 12.3. The van der Waals surface area contributed by atoms with E-state index in [0.717, 1.165) is 16.7 Å². The van der Waals surface area contributed by atoms with Crippen molar-refractivity contribution in [1.82, 2.24) is 9.99 Å². The highest BCUT2D eigenvalue weighted by Gasteiger charge is 2.12. The molecule has 114 valence electrons. The molecular formula is C15H16ClN5O. The van der Waals surface area contributed by atoms with Crippen LogP contribution in [-0.4, -0.2) is 22.9 Å². The Bertz CT molecular complexity index is 704. The van der Waals surface area contributed by atoms with Crippen molar-refractivity contribution in [1.29, 1.82) is 10.9 Å². The Hall–Kier alpha value is -2.47. The van der Waals surface area contributed by atoms with E-state index in [1.165, 1.54) is 5.01 Å². The number of ether oxygens (including phenoxy) is 1. The summed E-state index contributed by atoms with van der Waals surface area (Å²) in [4.78, 5) is 4.28. The van der Waals surface area contributed by atoms with Gasteiger partial charge in [0.05, 0.1) is 13.7 Å². The first kappa shape index (κ1) is 15.9. The second kappa shape index (κ2) is 7.00. The van der Waals surface area contributed by atoms with Gasteiger partial charge in [0.25, 0.3) is 0 Å². The van der Waals surface area contributed by atoms with Crippen LogP contribution in [0.1, 0.15) is 12.5 Å². The van der Waals surface area contributed by atoms with Crippen molar-refractivity contribution in [3.8, 4) is 17.0 Å². The van der Waals surface area contributed by atoms with Gasteiger partial charge in [0.15, 0.2) is 0 Å². The van der Waals surface area contributed by atoms with Gasteiger partial charge in [-0.05, 0) is 36.2 Å². The Labute approximate surface area is 133 Å². The van der Waals surface area contributed by atoms with Gasteiger partial charge in [-0.2, -0.15) is 5.53 Å². The van der Waals surface area contributed by atoms with Crippen LogP contribution in [0.5, 0.6) is 5.88 Å². The molecular weight excluding hydrogens is 302 g/mol. The SMILES string of the molecule is COc1ncc(CN(N=N)C(C)=N)cc1-c1cccc(Cl)c1. The molecule has 0 aliphatic carbocycles. The van der Waals surface area contributed by atoms with E-state index in [-0.39, 0.29) is 5.84 Å². The number of aromatic nitrogens is 1. The molecule has 0 fully saturated rings. The van der Waals surface area contributed by atoms with Gasteiger partial charge >= 0.3 is 0 Å². The van der Waals surface area contributed by atoms with Crippen molar-refractivity contribution in [3.05, 3.63) is 47.1 Å². The first-order valence-corrected chi connectivity index (χ1v) is 6.92. The topological polar surface area (TPSA) is 85.4 Å². The standard InChI is InChI=1S/C15H16ClN5O/c1-10(17)21(20-18)9-11-6-14(15(22-2)19-8-11)12-4-3-5-13(16)7-12/h3-8,17-18H,9H2,1-2H3. The molecule has 2 rings (SSSR count). The first-order valence-electron chi connectivity index (χ1n) is 6.54. The smallest absolute Gasteiger partial charge is 0.221 e. The molecule has 1 aromatic carbocycles. The van der Waals surface area contributed by atoms with Gasteiger partial charge in [-0.15, -0.1) is 0 Å². The molecule has 7 heteroatoms. The van der Waals surface area contributed by atoms with Crippen molar-refractivity contribution < 1.29 is 4.74 Å². The minimum absolute atomic E-state index is 0.190. The number of amidine groups is 1. The third-order valence-corrected chi connectivity index (χ3v) is 3.31. The first-order chi connectivity index (χ1) is 10.5. The van der Waals surface area contributed by atoms with Crippen LogP contribution in [0.2, 0.25) is 5.02 Å². The second-order valence-electron chi connectivity index (χ2n) is 4.65. The molecule has 2 N–H and O–H groups in total. The van der Waals surface area contributed by atoms with Gasteiger partial charge in [-0.25, -0.2) is 9.99 Å². The lowest BCUT2D eigenvalue weighted by atomic mass is 10.1. The number of methoxy groups -OCH3 is 1. The van der Waals surface area contributed by atoms with Crippen molar-refractivity contribution in [2.45, 2.75) is 13.5 Å². The zero-order valence-corrected chi connectivity index (χ0v) is 13.1. The van der Waals surface area contributed by atoms with Gasteiger partial charge in [-0.3, -0.25) is 5.41 Å². The van der Waals surface area contributed by atoms with Crippen LogP contribution < -0.4 is 4.74 Å². The quantitative estimate of drug-likeness (QED) is 0.376. The summed E-state index contributed by atoms with van der Waals surface area (Å²) in [6.07, 6.45) is 1.65. The fourth-order valence-corrected chi connectivity index (χ4v) is 2.20. The summed E-state index contributed by atoms with van der Waals surface area (Å²) in [5.41, 5.74) is 9.62. The summed E-state index contributed by atoms with van der Waals surface area (Å²) < 4.78 is 5.30. The number of halogens is 1. The zero-order chi connectivity index (χ0) is 16.1. The fraction of sp³-hybridized carbons (Fsp3) is 0.200. The van der Waals surface area contributed by atoms with Crippen LogP contribution in [0.25, 0.3) is 11.1 Å². The van der Waals surface area contributed by atoms with Crippen LogP contribution in [0.15, 0.2) is 41.8 Å². The lowest BCUT2D eigenvalue weighted by Gasteiger charge is -2.16. The third kappa shape index (κ3) is 3.59. The summed E-state index contributed by atoms with van der Waals surface area (Å²) in [6, 6.07) is 9.31. The molecule has 0 amide bonds. The molecule has 0 saturated carbocycles. The normalized spacial score (nSPS) is 10.1. The van der Waals surface area contributed by atoms with E-state index in [4.69, 9.17) is 27.3 Å². The molecule has 1 aromatic heterocycles. The van der Waals surface area contributed by atoms with Crippen LogP contribution in [0.4, 0.5) is 0 Å². The molecule has 1 heterocycles. The molecule has 0 bridgehead atoms. The monoisotopic (exact) mass is 317 g/mol. The lowest BCUT2D eigenvalue weighted by Crippen LogP contribution is -2.21. The minimum atomic E-state index is 0.190. The Kier molecular flexibility index (Phi) is 5.06. The van der Waals surface area contributed by atoms with Gasteiger partial charge in [0, 0.05) is 16.8 Å². The van der Waals surface area contributed by atoms with E-state index in [0.29, 0.717) is 17.4 Å². The van der Waals surface area contributed by atoms with Crippen molar-refractivity contribution >= 4 is 17.4 Å². The number of benzene rings is 1. The highest BCUT2D eigenvalue weighted by molar-refractivity contribution is 6.30. The van der Waals surface area contributed by atoms with E-state index in [1.54, 1.807) is 26.3 Å². The molecule has 0 saturated heterocycles. The van der Waals surface area contributed by atoms with Crippen molar-refractivity contribution in [2.24, 2.45) is 5.22 Å². The average Bonchev–Trinajstić information content (AvgIpc) is 2.52. The van der Waals surface area contributed by atoms with E-state index in [1.807, 2.05) is 24.3 Å². The second-order valence-corrected chi connectivity index (χ2v) is 5.09. The summed E-state index contributed by atoms with van der Waals surface area (Å²) in [7, 11) is 1.56. The van der Waals surface area contributed by atoms with Gasteiger partial charge in [0.1, 0.15) is 5.84 Å². The van der Waals surface area contributed by atoms with E-state index in [2.05, 4.69) is 10.2 Å². The predicted octanol–water partition coefficient (Wildman–Crippen LogP) is 4.16. The highest BCUT2D eigenvalue weighted by Crippen LogP contribution is 2.30. The molecule has 0 unspecified atom stereocenters. The Morgan fingerprint density at radius 2 is 2.18 bits per heavy atom. The molecule has 0 aliphatic heterocycles. The molecule has 6 nitrogen and oxygen atoms in total. The highest BCUT2D eigenvalue weighted by atomic mass is 35.5. The molecule has 0 atom stereocenters. The van der Waals surface area contributed by atoms with Crippen LogP contribution >= 0.6 is 11.6 Å².